The van der Waals surface area contributed by atoms with Crippen molar-refractivity contribution in [2.75, 3.05) is 42.8 Å². The van der Waals surface area contributed by atoms with E-state index in [1.807, 2.05) is 11.8 Å². The maximum absolute atomic E-state index is 14.3. The molecule has 1 aliphatic heterocycles. The molecule has 2 heterocycles. The molecule has 2 amide bonds. The van der Waals surface area contributed by atoms with Gasteiger partial charge in [0.2, 0.25) is 5.95 Å². The van der Waals surface area contributed by atoms with Gasteiger partial charge in [-0.1, -0.05) is 12.1 Å². The average molecular weight is 544 g/mol. The molecule has 202 valence electrons. The van der Waals surface area contributed by atoms with Gasteiger partial charge in [0.15, 0.2) is 9.84 Å². The quantitative estimate of drug-likeness (QED) is 0.387. The van der Waals surface area contributed by atoms with Crippen molar-refractivity contribution in [3.63, 3.8) is 0 Å². The molecule has 2 aromatic carbocycles. The van der Waals surface area contributed by atoms with Crippen molar-refractivity contribution in [1.29, 1.82) is 0 Å². The van der Waals surface area contributed by atoms with Crippen LogP contribution in [0.25, 0.3) is 22.5 Å². The van der Waals surface area contributed by atoms with E-state index in [0.29, 0.717) is 42.7 Å². The predicted octanol–water partition coefficient (Wildman–Crippen LogP) is 3.08. The fourth-order valence-corrected chi connectivity index (χ4v) is 4.92. The zero-order chi connectivity index (χ0) is 27.4. The van der Waals surface area contributed by atoms with Gasteiger partial charge in [-0.25, -0.2) is 27.6 Å². The first kappa shape index (κ1) is 27.4. The SMILES string of the molecule is CC(O)CNC(=O)Nc1ccc(-c2cc(-c3cc(F)ccc3S(C)(=O)=O)nc(N3CCOCC3C)n2)cc1. The predicted molar refractivity (Wildman–Crippen MR) is 142 cm³/mol. The van der Waals surface area contributed by atoms with Gasteiger partial charge >= 0.3 is 6.03 Å². The van der Waals surface area contributed by atoms with Gasteiger partial charge in [-0.2, -0.15) is 0 Å². The Hall–Kier alpha value is -3.61. The Morgan fingerprint density at radius 3 is 2.55 bits per heavy atom. The highest BCUT2D eigenvalue weighted by atomic mass is 32.2. The lowest BCUT2D eigenvalue weighted by Crippen LogP contribution is -2.44. The standard InChI is InChI=1S/C26H30FN5O5S/c1-16-15-37-11-10-32(16)25-30-22(18-4-7-20(8-5-18)29-26(34)28-14-17(2)33)13-23(31-25)21-12-19(27)6-9-24(21)38(3,35)36/h4-9,12-13,16-17,33H,10-11,14-15H2,1-3H3,(H2,28,29,34). The summed E-state index contributed by atoms with van der Waals surface area (Å²) in [6.45, 7) is 5.17. The van der Waals surface area contributed by atoms with Crippen LogP contribution in [0.5, 0.6) is 0 Å². The third-order valence-electron chi connectivity index (χ3n) is 5.95. The van der Waals surface area contributed by atoms with Crippen LogP contribution in [-0.2, 0) is 14.6 Å². The van der Waals surface area contributed by atoms with Crippen molar-refractivity contribution in [2.45, 2.75) is 30.9 Å². The number of aliphatic hydroxyl groups excluding tert-OH is 1. The number of amides is 2. The van der Waals surface area contributed by atoms with Gasteiger partial charge in [0.1, 0.15) is 5.82 Å². The Bertz CT molecular complexity index is 1420. The number of urea groups is 1. The van der Waals surface area contributed by atoms with Gasteiger partial charge in [-0.15, -0.1) is 0 Å². The van der Waals surface area contributed by atoms with Gasteiger partial charge in [0.05, 0.1) is 41.6 Å². The zero-order valence-electron chi connectivity index (χ0n) is 21.3. The lowest BCUT2D eigenvalue weighted by molar-refractivity contribution is 0.0981. The molecule has 2 atom stereocenters. The fraction of sp³-hybridized carbons (Fsp3) is 0.346. The molecular weight excluding hydrogens is 513 g/mol. The van der Waals surface area contributed by atoms with Crippen LogP contribution in [0.1, 0.15) is 13.8 Å². The molecule has 12 heteroatoms. The summed E-state index contributed by atoms with van der Waals surface area (Å²) in [5.74, 6) is -0.213. The average Bonchev–Trinajstić information content (AvgIpc) is 2.87. The summed E-state index contributed by atoms with van der Waals surface area (Å²) in [5, 5.41) is 14.6. The second-order valence-electron chi connectivity index (χ2n) is 9.23. The molecule has 4 rings (SSSR count). The van der Waals surface area contributed by atoms with E-state index in [0.717, 1.165) is 18.4 Å². The second kappa shape index (κ2) is 11.4. The monoisotopic (exact) mass is 543 g/mol. The van der Waals surface area contributed by atoms with E-state index in [4.69, 9.17) is 9.72 Å². The van der Waals surface area contributed by atoms with E-state index in [-0.39, 0.29) is 28.7 Å². The van der Waals surface area contributed by atoms with Gasteiger partial charge in [-0.3, -0.25) is 0 Å². The number of anilines is 2. The largest absolute Gasteiger partial charge is 0.392 e. The number of morpholine rings is 1. The minimum Gasteiger partial charge on any atom is -0.392 e. The van der Waals surface area contributed by atoms with Crippen LogP contribution in [0.15, 0.2) is 53.4 Å². The number of carbonyl (C=O) groups excluding carboxylic acids is 1. The van der Waals surface area contributed by atoms with Gasteiger partial charge in [-0.05, 0) is 50.2 Å². The third-order valence-corrected chi connectivity index (χ3v) is 7.11. The molecule has 1 aromatic heterocycles. The minimum atomic E-state index is -3.67. The van der Waals surface area contributed by atoms with Crippen molar-refractivity contribution >= 4 is 27.5 Å². The highest BCUT2D eigenvalue weighted by Gasteiger charge is 2.24. The zero-order valence-corrected chi connectivity index (χ0v) is 22.1. The summed E-state index contributed by atoms with van der Waals surface area (Å²) in [7, 11) is -3.67. The van der Waals surface area contributed by atoms with Gasteiger partial charge < -0.3 is 25.4 Å². The minimum absolute atomic E-state index is 0.0273. The molecule has 1 fully saturated rings. The van der Waals surface area contributed by atoms with Crippen molar-refractivity contribution in [2.24, 2.45) is 0 Å². The number of ether oxygens (including phenoxy) is 1. The van der Waals surface area contributed by atoms with E-state index in [2.05, 4.69) is 15.6 Å². The number of benzene rings is 2. The molecule has 0 radical (unpaired) electrons. The first-order valence-corrected chi connectivity index (χ1v) is 14.0. The molecule has 1 aliphatic rings. The van der Waals surface area contributed by atoms with E-state index in [1.165, 1.54) is 6.07 Å². The smallest absolute Gasteiger partial charge is 0.319 e. The number of nitrogens with one attached hydrogen (secondary N) is 2. The first-order chi connectivity index (χ1) is 18.0. The summed E-state index contributed by atoms with van der Waals surface area (Å²) in [6, 6.07) is 11.5. The summed E-state index contributed by atoms with van der Waals surface area (Å²) in [4.78, 5) is 23.3. The maximum atomic E-state index is 14.3. The molecule has 0 saturated carbocycles. The summed E-state index contributed by atoms with van der Waals surface area (Å²) in [5.41, 5.74) is 2.12. The number of rotatable bonds is 7. The topological polar surface area (TPSA) is 134 Å². The van der Waals surface area contributed by atoms with Crippen LogP contribution >= 0.6 is 0 Å². The molecular formula is C26H30FN5O5S. The Morgan fingerprint density at radius 2 is 1.89 bits per heavy atom. The normalized spacial score (nSPS) is 16.7. The van der Waals surface area contributed by atoms with Crippen LogP contribution in [0.4, 0.5) is 20.8 Å². The Morgan fingerprint density at radius 1 is 1.18 bits per heavy atom. The molecule has 0 spiro atoms. The van der Waals surface area contributed by atoms with E-state index in [1.54, 1.807) is 37.3 Å². The molecule has 3 N–H and O–H groups in total. The molecule has 0 aliphatic carbocycles. The number of aromatic nitrogens is 2. The molecule has 3 aromatic rings. The van der Waals surface area contributed by atoms with Crippen molar-refractivity contribution in [1.82, 2.24) is 15.3 Å². The number of aliphatic hydroxyl groups is 1. The Balaban J connectivity index is 1.75. The number of hydrogen-bond acceptors (Lipinski definition) is 8. The fourth-order valence-electron chi connectivity index (χ4n) is 4.04. The summed E-state index contributed by atoms with van der Waals surface area (Å²) >= 11 is 0. The van der Waals surface area contributed by atoms with Crippen LogP contribution in [0.2, 0.25) is 0 Å². The Kier molecular flexibility index (Phi) is 8.24. The third kappa shape index (κ3) is 6.63. The maximum Gasteiger partial charge on any atom is 0.319 e. The van der Waals surface area contributed by atoms with Crippen LogP contribution in [0.3, 0.4) is 0 Å². The van der Waals surface area contributed by atoms with Crippen molar-refractivity contribution in [3.05, 3.63) is 54.3 Å². The number of sulfone groups is 1. The number of hydrogen-bond donors (Lipinski definition) is 3. The highest BCUT2D eigenvalue weighted by molar-refractivity contribution is 7.90. The van der Waals surface area contributed by atoms with Gasteiger partial charge in [0.25, 0.3) is 0 Å². The molecule has 0 bridgehead atoms. The highest BCUT2D eigenvalue weighted by Crippen LogP contribution is 2.32. The molecule has 2 unspecified atom stereocenters. The Labute approximate surface area is 220 Å². The van der Waals surface area contributed by atoms with Crippen molar-refractivity contribution < 1.29 is 27.4 Å². The molecule has 10 nitrogen and oxygen atoms in total. The van der Waals surface area contributed by atoms with Gasteiger partial charge in [0, 0.05) is 36.2 Å². The number of halogens is 1. The first-order valence-electron chi connectivity index (χ1n) is 12.1. The number of nitrogens with zero attached hydrogens (tertiary/aromatic N) is 3. The lowest BCUT2D eigenvalue weighted by Gasteiger charge is -2.33. The van der Waals surface area contributed by atoms with E-state index < -0.39 is 27.8 Å². The van der Waals surface area contributed by atoms with Crippen molar-refractivity contribution in [3.8, 4) is 22.5 Å². The number of carbonyl (C=O) groups is 1. The molecule has 38 heavy (non-hydrogen) atoms. The molecule has 1 saturated heterocycles. The lowest BCUT2D eigenvalue weighted by atomic mass is 10.1. The summed E-state index contributed by atoms with van der Waals surface area (Å²) < 4.78 is 44.8. The van der Waals surface area contributed by atoms with Crippen LogP contribution in [0, 0.1) is 5.82 Å². The summed E-state index contributed by atoms with van der Waals surface area (Å²) in [6.07, 6.45) is 0.402. The van der Waals surface area contributed by atoms with Crippen LogP contribution < -0.4 is 15.5 Å². The van der Waals surface area contributed by atoms with E-state index in [9.17, 15) is 22.7 Å². The van der Waals surface area contributed by atoms with Crippen LogP contribution in [-0.4, -0.2) is 74.2 Å². The van der Waals surface area contributed by atoms with E-state index >= 15 is 0 Å². The second-order valence-corrected chi connectivity index (χ2v) is 11.2.